The van der Waals surface area contributed by atoms with Crippen LogP contribution in [-0.2, 0) is 4.79 Å². The predicted molar refractivity (Wildman–Crippen MR) is 105 cm³/mol. The largest absolute Gasteiger partial charge is 0.370 e. The minimum Gasteiger partial charge on any atom is -0.370 e. The Bertz CT molecular complexity index is 848. The van der Waals surface area contributed by atoms with Crippen molar-refractivity contribution in [3.63, 3.8) is 0 Å². The highest BCUT2D eigenvalue weighted by Gasteiger charge is 2.20. The number of carbonyl (C=O) groups is 3. The van der Waals surface area contributed by atoms with Gasteiger partial charge in [-0.1, -0.05) is 30.3 Å². The average Bonchev–Trinajstić information content (AvgIpc) is 2.66. The number of carbonyl (C=O) groups excluding carboxylic acids is 3. The van der Waals surface area contributed by atoms with E-state index in [4.69, 9.17) is 5.73 Å². The molecule has 2 aromatic carbocycles. The first kappa shape index (κ1) is 20.2. The molecule has 3 N–H and O–H groups in total. The summed E-state index contributed by atoms with van der Waals surface area (Å²) >= 11 is 0. The number of amides is 3. The Labute approximate surface area is 159 Å². The van der Waals surface area contributed by atoms with Crippen LogP contribution in [0.15, 0.2) is 48.5 Å². The maximum atomic E-state index is 12.8. The highest BCUT2D eigenvalue weighted by Crippen LogP contribution is 2.25. The van der Waals surface area contributed by atoms with E-state index < -0.39 is 5.91 Å². The third-order valence-corrected chi connectivity index (χ3v) is 4.41. The van der Waals surface area contributed by atoms with Crippen LogP contribution >= 0.6 is 0 Å². The van der Waals surface area contributed by atoms with Gasteiger partial charge in [0.25, 0.3) is 11.8 Å². The Morgan fingerprint density at radius 2 is 1.81 bits per heavy atom. The van der Waals surface area contributed by atoms with Crippen LogP contribution in [0.4, 0.5) is 0 Å². The van der Waals surface area contributed by atoms with Crippen molar-refractivity contribution in [1.82, 2.24) is 10.2 Å². The highest BCUT2D eigenvalue weighted by molar-refractivity contribution is 6.02. The topological polar surface area (TPSA) is 92.5 Å². The minimum atomic E-state index is -0.452. The first-order chi connectivity index (χ1) is 12.8. The number of nitrogens with zero attached hydrogens (tertiary/aromatic N) is 1. The molecule has 0 aliphatic rings. The minimum absolute atomic E-state index is 0.0992. The van der Waals surface area contributed by atoms with Crippen molar-refractivity contribution in [1.29, 1.82) is 0 Å². The molecule has 0 aliphatic carbocycles. The molecule has 6 heteroatoms. The van der Waals surface area contributed by atoms with Gasteiger partial charge in [0.1, 0.15) is 0 Å². The molecule has 6 nitrogen and oxygen atoms in total. The number of benzene rings is 2. The predicted octanol–water partition coefficient (Wildman–Crippen LogP) is 2.44. The molecule has 0 radical (unpaired) electrons. The molecule has 0 unspecified atom stereocenters. The van der Waals surface area contributed by atoms with E-state index in [0.717, 1.165) is 11.1 Å². The third-order valence-electron chi connectivity index (χ3n) is 4.41. The van der Waals surface area contributed by atoms with Gasteiger partial charge in [-0.3, -0.25) is 14.4 Å². The van der Waals surface area contributed by atoms with Gasteiger partial charge in [0, 0.05) is 37.2 Å². The van der Waals surface area contributed by atoms with E-state index in [1.165, 1.54) is 4.90 Å². The number of rotatable bonds is 7. The van der Waals surface area contributed by atoms with E-state index in [0.29, 0.717) is 17.7 Å². The maximum absolute atomic E-state index is 12.8. The molecule has 2 aromatic rings. The summed E-state index contributed by atoms with van der Waals surface area (Å²) in [5.74, 6) is -0.815. The van der Waals surface area contributed by atoms with Crippen LogP contribution in [-0.4, -0.2) is 42.3 Å². The van der Waals surface area contributed by atoms with Crippen molar-refractivity contribution in [3.8, 4) is 11.1 Å². The second-order valence-electron chi connectivity index (χ2n) is 6.42. The molecule has 0 fully saturated rings. The lowest BCUT2D eigenvalue weighted by molar-refractivity contribution is -0.118. The van der Waals surface area contributed by atoms with Crippen LogP contribution in [0.25, 0.3) is 11.1 Å². The quantitative estimate of drug-likeness (QED) is 0.787. The molecule has 0 spiro atoms. The first-order valence-electron chi connectivity index (χ1n) is 8.88. The monoisotopic (exact) mass is 367 g/mol. The summed E-state index contributed by atoms with van der Waals surface area (Å²) in [6.45, 7) is 4.17. The molecule has 0 saturated heterocycles. The molecule has 3 amide bonds. The summed E-state index contributed by atoms with van der Waals surface area (Å²) in [5.41, 5.74) is 7.80. The Balaban J connectivity index is 2.35. The van der Waals surface area contributed by atoms with Crippen LogP contribution in [0.1, 0.15) is 41.0 Å². The van der Waals surface area contributed by atoms with E-state index in [9.17, 15) is 14.4 Å². The van der Waals surface area contributed by atoms with Crippen LogP contribution in [0.5, 0.6) is 0 Å². The smallest absolute Gasteiger partial charge is 0.253 e. The zero-order chi connectivity index (χ0) is 20.0. The summed E-state index contributed by atoms with van der Waals surface area (Å²) in [4.78, 5) is 37.7. The van der Waals surface area contributed by atoms with Gasteiger partial charge in [-0.05, 0) is 43.2 Å². The average molecular weight is 367 g/mol. The summed E-state index contributed by atoms with van der Waals surface area (Å²) in [5, 5.41) is 2.80. The van der Waals surface area contributed by atoms with E-state index in [1.807, 2.05) is 31.2 Å². The molecule has 1 atom stereocenters. The SMILES string of the molecule is CCNC(=O)c1ccccc1-c1cccc(C(=O)N(C)[C@@H](C)CC(N)=O)c1. The lowest BCUT2D eigenvalue weighted by atomic mass is 9.97. The van der Waals surface area contributed by atoms with E-state index in [2.05, 4.69) is 5.32 Å². The van der Waals surface area contributed by atoms with Gasteiger partial charge in [-0.25, -0.2) is 0 Å². The van der Waals surface area contributed by atoms with Gasteiger partial charge in [0.2, 0.25) is 5.91 Å². The van der Waals surface area contributed by atoms with Gasteiger partial charge < -0.3 is 16.0 Å². The molecule has 0 aromatic heterocycles. The second-order valence-corrected chi connectivity index (χ2v) is 6.42. The van der Waals surface area contributed by atoms with Crippen molar-refractivity contribution in [3.05, 3.63) is 59.7 Å². The number of nitrogens with two attached hydrogens (primary N) is 1. The summed E-state index contributed by atoms with van der Waals surface area (Å²) in [7, 11) is 1.64. The van der Waals surface area contributed by atoms with Crippen LogP contribution in [0.3, 0.4) is 0 Å². The summed E-state index contributed by atoms with van der Waals surface area (Å²) in [6.07, 6.45) is 0.0992. The second kappa shape index (κ2) is 8.98. The lowest BCUT2D eigenvalue weighted by Gasteiger charge is -2.24. The molecular weight excluding hydrogens is 342 g/mol. The molecule has 2 rings (SSSR count). The molecule has 0 heterocycles. The van der Waals surface area contributed by atoms with Crippen molar-refractivity contribution in [2.45, 2.75) is 26.3 Å². The van der Waals surface area contributed by atoms with Crippen molar-refractivity contribution >= 4 is 17.7 Å². The van der Waals surface area contributed by atoms with Crippen molar-refractivity contribution in [2.24, 2.45) is 5.73 Å². The van der Waals surface area contributed by atoms with E-state index in [1.54, 1.807) is 38.2 Å². The van der Waals surface area contributed by atoms with Gasteiger partial charge in [-0.15, -0.1) is 0 Å². The van der Waals surface area contributed by atoms with Crippen molar-refractivity contribution < 1.29 is 14.4 Å². The number of hydrogen-bond donors (Lipinski definition) is 2. The number of nitrogens with one attached hydrogen (secondary N) is 1. The lowest BCUT2D eigenvalue weighted by Crippen LogP contribution is -2.37. The standard InChI is InChI=1S/C21H25N3O3/c1-4-23-20(26)18-11-6-5-10-17(18)15-8-7-9-16(13-15)21(27)24(3)14(2)12-19(22)25/h5-11,13-14H,4,12H2,1-3H3,(H2,22,25)(H,23,26)/t14-/m0/s1. The van der Waals surface area contributed by atoms with Gasteiger partial charge in [0.15, 0.2) is 0 Å². The van der Waals surface area contributed by atoms with Crippen LogP contribution in [0.2, 0.25) is 0 Å². The van der Waals surface area contributed by atoms with Crippen LogP contribution in [0, 0.1) is 0 Å². The Morgan fingerprint density at radius 1 is 1.11 bits per heavy atom. The third kappa shape index (κ3) is 4.94. The fourth-order valence-electron chi connectivity index (χ4n) is 2.84. The van der Waals surface area contributed by atoms with Gasteiger partial charge in [-0.2, -0.15) is 0 Å². The van der Waals surface area contributed by atoms with Gasteiger partial charge >= 0.3 is 0 Å². The molecular formula is C21H25N3O3. The van der Waals surface area contributed by atoms with E-state index >= 15 is 0 Å². The normalized spacial score (nSPS) is 11.5. The number of hydrogen-bond acceptors (Lipinski definition) is 3. The summed E-state index contributed by atoms with van der Waals surface area (Å²) < 4.78 is 0. The van der Waals surface area contributed by atoms with Gasteiger partial charge in [0.05, 0.1) is 0 Å². The summed E-state index contributed by atoms with van der Waals surface area (Å²) in [6, 6.07) is 14.1. The fourth-order valence-corrected chi connectivity index (χ4v) is 2.84. The molecule has 0 saturated carbocycles. The Morgan fingerprint density at radius 3 is 2.48 bits per heavy atom. The zero-order valence-corrected chi connectivity index (χ0v) is 15.9. The van der Waals surface area contributed by atoms with Crippen LogP contribution < -0.4 is 11.1 Å². The molecule has 27 heavy (non-hydrogen) atoms. The Hall–Kier alpha value is -3.15. The van der Waals surface area contributed by atoms with Crippen molar-refractivity contribution in [2.75, 3.05) is 13.6 Å². The fraction of sp³-hybridized carbons (Fsp3) is 0.286. The van der Waals surface area contributed by atoms with E-state index in [-0.39, 0.29) is 24.3 Å². The first-order valence-corrected chi connectivity index (χ1v) is 8.88. The number of primary amides is 1. The Kier molecular flexibility index (Phi) is 6.71. The maximum Gasteiger partial charge on any atom is 0.253 e. The molecule has 0 aliphatic heterocycles. The highest BCUT2D eigenvalue weighted by atomic mass is 16.2. The molecule has 0 bridgehead atoms. The molecule has 142 valence electrons. The zero-order valence-electron chi connectivity index (χ0n) is 15.9.